The number of aromatic nitrogens is 1. The van der Waals surface area contributed by atoms with Crippen molar-refractivity contribution in [2.75, 3.05) is 26.7 Å². The fraction of sp³-hybridized carbons (Fsp3) is 0.488. The summed E-state index contributed by atoms with van der Waals surface area (Å²) < 4.78 is 31.5. The predicted octanol–water partition coefficient (Wildman–Crippen LogP) is 2.35. The second kappa shape index (κ2) is 20.5. The Balaban J connectivity index is 1.64. The minimum atomic E-state index is -1.23. The number of halogens is 2. The fourth-order valence-corrected chi connectivity index (χ4v) is 7.68. The number of nitrogens with two attached hydrogens (primary N) is 2. The predicted molar refractivity (Wildman–Crippen MR) is 220 cm³/mol. The molecule has 5 atom stereocenters. The molecule has 0 bridgehead atoms. The molecule has 0 unspecified atom stereocenters. The van der Waals surface area contributed by atoms with Crippen molar-refractivity contribution in [3.05, 3.63) is 83.7 Å². The number of hydrogen-bond donors (Lipinski definition) is 6. The van der Waals surface area contributed by atoms with Gasteiger partial charge in [-0.1, -0.05) is 65.0 Å². The summed E-state index contributed by atoms with van der Waals surface area (Å²) in [5.41, 5.74) is 12.2. The number of nitrogens with zero attached hydrogens (tertiary/aromatic N) is 3. The number of nitrogens with one attached hydrogen (secondary N) is 3. The molecular weight excluding hydrogens is 779 g/mol. The minimum absolute atomic E-state index is 0.0174. The molecule has 60 heavy (non-hydrogen) atoms. The third kappa shape index (κ3) is 11.7. The highest BCUT2D eigenvalue weighted by Gasteiger charge is 2.40. The second-order valence-electron chi connectivity index (χ2n) is 16.6. The van der Waals surface area contributed by atoms with Crippen LogP contribution in [0.1, 0.15) is 77.6 Å². The quantitative estimate of drug-likeness (QED) is 0.111. The summed E-state index contributed by atoms with van der Waals surface area (Å²) in [7, 11) is 1.38. The lowest BCUT2D eigenvalue weighted by atomic mass is 9.82. The number of primary amides is 1. The smallest absolute Gasteiger partial charge is 0.248 e. The summed E-state index contributed by atoms with van der Waals surface area (Å²) in [4.78, 5) is 81.7. The highest BCUT2D eigenvalue weighted by Crippen LogP contribution is 2.41. The molecule has 1 aliphatic rings. The van der Waals surface area contributed by atoms with Crippen molar-refractivity contribution >= 4 is 35.4 Å². The summed E-state index contributed by atoms with van der Waals surface area (Å²) in [6.07, 6.45) is 1.95. The van der Waals surface area contributed by atoms with Crippen molar-refractivity contribution in [1.82, 2.24) is 30.3 Å². The first-order valence-electron chi connectivity index (χ1n) is 20.0. The lowest BCUT2D eigenvalue weighted by molar-refractivity contribution is -0.141. The van der Waals surface area contributed by atoms with E-state index < -0.39 is 102 Å². The average Bonchev–Trinajstić information content (AvgIpc) is 3.85. The zero-order valence-electron chi connectivity index (χ0n) is 35.0. The summed E-state index contributed by atoms with van der Waals surface area (Å²) in [5.74, 6) is -5.71. The Morgan fingerprint density at radius 2 is 1.67 bits per heavy atom. The van der Waals surface area contributed by atoms with E-state index in [1.165, 1.54) is 16.8 Å². The fourth-order valence-electron chi connectivity index (χ4n) is 7.68. The minimum Gasteiger partial charge on any atom is -0.387 e. The summed E-state index contributed by atoms with van der Waals surface area (Å²) in [6.45, 7) is 8.54. The Morgan fingerprint density at radius 1 is 0.983 bits per heavy atom. The molecule has 0 aliphatic carbocycles. The third-order valence-corrected chi connectivity index (χ3v) is 10.6. The van der Waals surface area contributed by atoms with Crippen molar-refractivity contribution in [1.29, 1.82) is 0 Å². The van der Waals surface area contributed by atoms with Crippen LogP contribution in [0.4, 0.5) is 8.78 Å². The van der Waals surface area contributed by atoms with Crippen molar-refractivity contribution in [3.8, 4) is 11.1 Å². The van der Waals surface area contributed by atoms with Crippen molar-refractivity contribution in [2.24, 2.45) is 22.8 Å². The first kappa shape index (κ1) is 47.0. The number of carbonyl (C=O) groups excluding carboxylic acids is 6. The molecule has 1 saturated heterocycles. The van der Waals surface area contributed by atoms with Gasteiger partial charge in [0, 0.05) is 49.7 Å². The molecule has 326 valence electrons. The summed E-state index contributed by atoms with van der Waals surface area (Å²) in [5, 5.41) is 18.3. The van der Waals surface area contributed by atoms with Gasteiger partial charge in [0.05, 0.1) is 18.5 Å². The molecule has 0 saturated carbocycles. The molecule has 2 heterocycles. The molecule has 0 spiro atoms. The van der Waals surface area contributed by atoms with Crippen LogP contribution < -0.4 is 27.4 Å². The number of aliphatic hydroxyl groups excluding tert-OH is 1. The van der Waals surface area contributed by atoms with E-state index in [0.717, 1.165) is 23.8 Å². The number of rotatable bonds is 18. The second-order valence-corrected chi connectivity index (χ2v) is 16.6. The molecule has 3 aromatic rings. The van der Waals surface area contributed by atoms with Crippen LogP contribution in [0.5, 0.6) is 0 Å². The Hall–Kier alpha value is -5.68. The SMILES string of the molecule is CNC(=O)[C@H](CCN(C(=O)CO)[C@@H](c1cc(-c2cc(F)ccc2F)cn1Cc1ccccc1)C(C)(C)C)NC(=O)[C@@H](NC(=O)[C@@H]1CCCN1C(=O)[C@@H](N)CC(N)=O)C(C)C. The number of carbonyl (C=O) groups is 6. The molecule has 6 amide bonds. The Morgan fingerprint density at radius 3 is 2.27 bits per heavy atom. The van der Waals surface area contributed by atoms with Gasteiger partial charge in [0.25, 0.3) is 0 Å². The molecule has 8 N–H and O–H groups in total. The van der Waals surface area contributed by atoms with E-state index in [1.807, 2.05) is 55.7 Å². The summed E-state index contributed by atoms with van der Waals surface area (Å²) >= 11 is 0. The van der Waals surface area contributed by atoms with Crippen LogP contribution in [0, 0.1) is 23.0 Å². The number of aliphatic hydroxyl groups is 1. The van der Waals surface area contributed by atoms with E-state index in [9.17, 15) is 38.3 Å². The maximum atomic E-state index is 15.2. The number of hydrogen-bond acceptors (Lipinski definition) is 8. The van der Waals surface area contributed by atoms with Crippen LogP contribution in [-0.4, -0.2) is 106 Å². The lowest BCUT2D eigenvalue weighted by Gasteiger charge is -2.41. The van der Waals surface area contributed by atoms with Crippen LogP contribution >= 0.6 is 0 Å². The highest BCUT2D eigenvalue weighted by atomic mass is 19.1. The van der Waals surface area contributed by atoms with E-state index in [4.69, 9.17) is 11.5 Å². The van der Waals surface area contributed by atoms with Gasteiger partial charge >= 0.3 is 0 Å². The maximum Gasteiger partial charge on any atom is 0.248 e. The van der Waals surface area contributed by atoms with Crippen molar-refractivity contribution in [2.45, 2.75) is 97.1 Å². The Labute approximate surface area is 349 Å². The number of benzene rings is 2. The van der Waals surface area contributed by atoms with Gasteiger partial charge in [-0.25, -0.2) is 8.78 Å². The van der Waals surface area contributed by atoms with Gasteiger partial charge in [-0.3, -0.25) is 28.8 Å². The van der Waals surface area contributed by atoms with Gasteiger partial charge in [-0.2, -0.15) is 0 Å². The molecule has 0 radical (unpaired) electrons. The number of likely N-dealkylation sites (N-methyl/N-ethyl adjacent to an activating group) is 1. The highest BCUT2D eigenvalue weighted by molar-refractivity contribution is 5.96. The Bertz CT molecular complexity index is 2020. The first-order valence-corrected chi connectivity index (χ1v) is 20.0. The molecule has 17 heteroatoms. The molecule has 1 aromatic heterocycles. The Kier molecular flexibility index (Phi) is 16.1. The molecular formula is C43H58F2N8O7. The molecule has 1 aliphatic heterocycles. The van der Waals surface area contributed by atoms with Gasteiger partial charge < -0.3 is 46.9 Å². The van der Waals surface area contributed by atoms with Crippen LogP contribution in [0.3, 0.4) is 0 Å². The van der Waals surface area contributed by atoms with Gasteiger partial charge in [-0.15, -0.1) is 0 Å². The third-order valence-electron chi connectivity index (χ3n) is 10.6. The molecule has 1 fully saturated rings. The monoisotopic (exact) mass is 836 g/mol. The van der Waals surface area contributed by atoms with Crippen molar-refractivity contribution < 1.29 is 42.7 Å². The number of likely N-dealkylation sites (tertiary alicyclic amines) is 1. The molecule has 2 aromatic carbocycles. The van der Waals surface area contributed by atoms with Crippen LogP contribution in [0.25, 0.3) is 11.1 Å². The molecule has 4 rings (SSSR count). The lowest BCUT2D eigenvalue weighted by Crippen LogP contribution is -2.59. The van der Waals surface area contributed by atoms with E-state index >= 15 is 4.39 Å². The van der Waals surface area contributed by atoms with E-state index in [2.05, 4.69) is 16.0 Å². The topological polar surface area (TPSA) is 222 Å². The zero-order chi connectivity index (χ0) is 44.5. The molecule has 15 nitrogen and oxygen atoms in total. The van der Waals surface area contributed by atoms with Gasteiger partial charge in [0.1, 0.15) is 36.4 Å². The average molecular weight is 837 g/mol. The van der Waals surface area contributed by atoms with Gasteiger partial charge in [-0.05, 0) is 60.4 Å². The standard InChI is InChI=1S/C43H58F2N8O7/c1-25(2)37(50-40(58)33-13-10-17-52(33)42(60)31(46)21-35(47)55)41(59)49-32(39(57)48-6)16-18-53(36(56)24-54)38(43(3,4)5)34-19-27(29-20-28(44)14-15-30(29)45)23-51(34)22-26-11-8-7-9-12-26/h7-9,11-12,14-15,19-20,23,25,31-33,37-38,54H,10,13,16-18,21-22,24,46H2,1-6H3,(H2,47,55)(H,48,57)(H,49,59)(H,50,58)/t31-,32-,33-,37-,38-/m0/s1. The van der Waals surface area contributed by atoms with Crippen LogP contribution in [-0.2, 0) is 35.3 Å². The number of amides is 6. The van der Waals surface area contributed by atoms with E-state index in [1.54, 1.807) is 26.1 Å². The van der Waals surface area contributed by atoms with Gasteiger partial charge in [0.2, 0.25) is 35.4 Å². The summed E-state index contributed by atoms with van der Waals surface area (Å²) in [6, 6.07) is 8.91. The van der Waals surface area contributed by atoms with Gasteiger partial charge in [0.15, 0.2) is 0 Å². The zero-order valence-corrected chi connectivity index (χ0v) is 35.0. The van der Waals surface area contributed by atoms with E-state index in [-0.39, 0.29) is 25.1 Å². The van der Waals surface area contributed by atoms with Crippen LogP contribution in [0.15, 0.2) is 60.8 Å². The maximum absolute atomic E-state index is 15.2. The van der Waals surface area contributed by atoms with E-state index in [0.29, 0.717) is 30.6 Å². The first-order chi connectivity index (χ1) is 28.3. The largest absolute Gasteiger partial charge is 0.387 e. The van der Waals surface area contributed by atoms with Crippen molar-refractivity contribution in [3.63, 3.8) is 0 Å². The normalized spacial score (nSPS) is 16.1. The van der Waals surface area contributed by atoms with Crippen LogP contribution in [0.2, 0.25) is 0 Å².